The highest BCUT2D eigenvalue weighted by Gasteiger charge is 2.06. The summed E-state index contributed by atoms with van der Waals surface area (Å²) in [5.41, 5.74) is 6.22. The van der Waals surface area contributed by atoms with E-state index < -0.39 is 11.6 Å². The quantitative estimate of drug-likeness (QED) is 0.121. The predicted octanol–water partition coefficient (Wildman–Crippen LogP) is 9.80. The number of rotatable bonds is 8. The number of allylic oxidation sites excluding steroid dienone is 4. The number of aromatic nitrogens is 1. The van der Waals surface area contributed by atoms with E-state index in [1.54, 1.807) is 20.2 Å². The lowest BCUT2D eigenvalue weighted by Crippen LogP contribution is -1.89. The van der Waals surface area contributed by atoms with Crippen LogP contribution in [0.5, 0.6) is 0 Å². The second-order valence-electron chi connectivity index (χ2n) is 8.97. The highest BCUT2D eigenvalue weighted by molar-refractivity contribution is 5.83. The van der Waals surface area contributed by atoms with Crippen LogP contribution in [0.1, 0.15) is 70.8 Å². The van der Waals surface area contributed by atoms with Crippen LogP contribution in [0.3, 0.4) is 0 Å². The lowest BCUT2D eigenvalue weighted by molar-refractivity contribution is -0.107. The third-order valence-electron chi connectivity index (χ3n) is 5.57. The molecule has 0 unspecified atom stereocenters. The summed E-state index contributed by atoms with van der Waals surface area (Å²) >= 11 is 0. The van der Waals surface area contributed by atoms with Gasteiger partial charge < -0.3 is 9.32 Å². The number of hydrogen-bond acceptors (Lipinski definition) is 4. The number of nitrogens with zero attached hydrogens (tertiary/aromatic N) is 2. The van der Waals surface area contributed by atoms with Crippen molar-refractivity contribution in [1.29, 1.82) is 0 Å². The Kier molecular flexibility index (Phi) is 18.9. The minimum atomic E-state index is -0.828. The van der Waals surface area contributed by atoms with Gasteiger partial charge in [0.1, 0.15) is 17.7 Å². The van der Waals surface area contributed by atoms with Gasteiger partial charge in [-0.15, -0.1) is 0 Å². The fraction of sp³-hybridized carbons (Fsp3) is 0.324. The largest absolute Gasteiger partial charge is 0.361 e. The van der Waals surface area contributed by atoms with Crippen molar-refractivity contribution in [3.63, 3.8) is 0 Å². The Hall–Kier alpha value is -3.93. The van der Waals surface area contributed by atoms with Crippen molar-refractivity contribution in [2.75, 3.05) is 7.05 Å². The van der Waals surface area contributed by atoms with Crippen molar-refractivity contribution < 1.29 is 18.1 Å². The molecule has 1 aromatic heterocycles. The van der Waals surface area contributed by atoms with E-state index in [2.05, 4.69) is 68.3 Å². The minimum absolute atomic E-state index is 0.241. The molecule has 40 heavy (non-hydrogen) atoms. The molecule has 216 valence electrons. The molecule has 0 amide bonds. The Morgan fingerprint density at radius 1 is 1.07 bits per heavy atom. The molecule has 0 bridgehead atoms. The van der Waals surface area contributed by atoms with Gasteiger partial charge in [-0.05, 0) is 56.9 Å². The molecule has 0 N–H and O–H groups in total. The molecule has 0 saturated heterocycles. The zero-order chi connectivity index (χ0) is 30.5. The molecule has 0 aliphatic heterocycles. The van der Waals surface area contributed by atoms with Crippen LogP contribution in [-0.2, 0) is 11.2 Å². The van der Waals surface area contributed by atoms with Gasteiger partial charge in [0.15, 0.2) is 11.6 Å². The molecule has 2 aromatic carbocycles. The molecule has 0 aliphatic rings. The molecule has 0 aliphatic carbocycles. The highest BCUT2D eigenvalue weighted by atomic mass is 19.2. The average molecular weight is 551 g/mol. The number of unbranched alkanes of at least 4 members (excludes halogenated alkanes) is 2. The summed E-state index contributed by atoms with van der Waals surface area (Å²) in [7, 11) is 1.74. The summed E-state index contributed by atoms with van der Waals surface area (Å²) in [6.07, 6.45) is 8.53. The van der Waals surface area contributed by atoms with E-state index in [1.807, 2.05) is 26.0 Å². The van der Waals surface area contributed by atoms with Crippen LogP contribution in [0.2, 0.25) is 0 Å². The molecule has 1 heterocycles. The first-order valence-corrected chi connectivity index (χ1v) is 13.4. The fourth-order valence-electron chi connectivity index (χ4n) is 2.90. The Balaban J connectivity index is 0.000000531. The molecule has 0 atom stereocenters. The number of aliphatic imine (C=N–C) groups is 1. The second-order valence-corrected chi connectivity index (χ2v) is 8.97. The van der Waals surface area contributed by atoms with Crippen molar-refractivity contribution >= 4 is 18.1 Å². The predicted molar refractivity (Wildman–Crippen MR) is 166 cm³/mol. The average Bonchev–Trinajstić information content (AvgIpc) is 3.44. The number of aryl methyl sites for hydroxylation is 2. The molecule has 0 spiro atoms. The second kappa shape index (κ2) is 21.0. The van der Waals surface area contributed by atoms with Gasteiger partial charge >= 0.3 is 0 Å². The third kappa shape index (κ3) is 14.3. The molecule has 6 heteroatoms. The van der Waals surface area contributed by atoms with Gasteiger partial charge in [0.05, 0.1) is 0 Å². The number of carbonyl (C=O) groups is 1. The lowest BCUT2D eigenvalue weighted by Gasteiger charge is -2.00. The van der Waals surface area contributed by atoms with Crippen LogP contribution in [0.4, 0.5) is 8.78 Å². The number of aldehydes is 1. The maximum atomic E-state index is 12.8. The highest BCUT2D eigenvalue weighted by Crippen LogP contribution is 2.20. The number of hydrogen-bond donors (Lipinski definition) is 0. The van der Waals surface area contributed by atoms with Crippen molar-refractivity contribution in [3.8, 4) is 11.3 Å². The Morgan fingerprint density at radius 2 is 1.73 bits per heavy atom. The summed E-state index contributed by atoms with van der Waals surface area (Å²) in [6, 6.07) is 14.3. The molecule has 0 fully saturated rings. The van der Waals surface area contributed by atoms with Crippen molar-refractivity contribution in [1.82, 2.24) is 5.16 Å². The summed E-state index contributed by atoms with van der Waals surface area (Å²) in [5.74, 6) is -0.717. The third-order valence-corrected chi connectivity index (χ3v) is 5.57. The molecular formula is C34H44F2N2O2. The lowest BCUT2D eigenvalue weighted by atomic mass is 10.1. The van der Waals surface area contributed by atoms with E-state index in [0.717, 1.165) is 60.6 Å². The monoisotopic (exact) mass is 550 g/mol. The Morgan fingerprint density at radius 3 is 2.15 bits per heavy atom. The van der Waals surface area contributed by atoms with E-state index in [-0.39, 0.29) is 5.56 Å². The summed E-state index contributed by atoms with van der Waals surface area (Å²) in [4.78, 5) is 13.4. The van der Waals surface area contributed by atoms with Gasteiger partial charge in [-0.1, -0.05) is 86.6 Å². The zero-order valence-corrected chi connectivity index (χ0v) is 25.1. The molecule has 3 rings (SSSR count). The van der Waals surface area contributed by atoms with Crippen LogP contribution in [0.15, 0.2) is 88.4 Å². The van der Waals surface area contributed by atoms with Crippen molar-refractivity contribution in [2.24, 2.45) is 4.99 Å². The first-order valence-electron chi connectivity index (χ1n) is 13.4. The zero-order valence-electron chi connectivity index (χ0n) is 25.1. The topological polar surface area (TPSA) is 55.5 Å². The minimum Gasteiger partial charge on any atom is -0.361 e. The van der Waals surface area contributed by atoms with Gasteiger partial charge in [-0.25, -0.2) is 8.78 Å². The van der Waals surface area contributed by atoms with Gasteiger partial charge in [-0.2, -0.15) is 0 Å². The van der Waals surface area contributed by atoms with Crippen molar-refractivity contribution in [2.45, 2.75) is 67.2 Å². The van der Waals surface area contributed by atoms with E-state index >= 15 is 0 Å². The van der Waals surface area contributed by atoms with Crippen LogP contribution < -0.4 is 0 Å². The first-order chi connectivity index (χ1) is 19.1. The van der Waals surface area contributed by atoms with Gasteiger partial charge in [0.2, 0.25) is 0 Å². The van der Waals surface area contributed by atoms with Crippen LogP contribution in [-0.4, -0.2) is 24.7 Å². The van der Waals surface area contributed by atoms with Crippen LogP contribution in [0, 0.1) is 18.6 Å². The Bertz CT molecular complexity index is 1240. The Labute approximate surface area is 239 Å². The molecule has 3 aromatic rings. The number of halogens is 2. The standard InChI is InChI=1S/C12H13NO.C9H8F2.C8H13N.C5H10O/c1-3-11-8-12(13-14-11)10-6-4-9(2)5-7-10;1-6(2)7-4-3-5-8(10)9(7)11;1-5-7(2)8(3)6-9-4;1-2-3-4-5-6/h4-8H,3H2,1-2H3;3-5H,1H2,2H3;5-6H,3H2,1-2,4H3;5H,2-4H2,1H3/b;;7-5-,9-6?;. The van der Waals surface area contributed by atoms with Crippen molar-refractivity contribution in [3.05, 3.63) is 107 Å². The van der Waals surface area contributed by atoms with E-state index in [9.17, 15) is 13.6 Å². The van der Waals surface area contributed by atoms with E-state index in [4.69, 9.17) is 4.52 Å². The number of benzene rings is 2. The maximum Gasteiger partial charge on any atom is 0.166 e. The molecule has 0 saturated carbocycles. The molecular weight excluding hydrogens is 506 g/mol. The normalized spacial score (nSPS) is 10.4. The van der Waals surface area contributed by atoms with Gasteiger partial charge in [0.25, 0.3) is 0 Å². The van der Waals surface area contributed by atoms with Crippen LogP contribution in [0.25, 0.3) is 16.8 Å². The number of carbonyl (C=O) groups excluding carboxylic acids is 1. The smallest absolute Gasteiger partial charge is 0.166 e. The van der Waals surface area contributed by atoms with Gasteiger partial charge in [0, 0.05) is 43.3 Å². The van der Waals surface area contributed by atoms with Crippen LogP contribution >= 0.6 is 0 Å². The van der Waals surface area contributed by atoms with E-state index in [1.165, 1.54) is 23.3 Å². The first kappa shape index (κ1) is 36.1. The summed E-state index contributed by atoms with van der Waals surface area (Å²) in [6.45, 7) is 19.2. The molecule has 4 nitrogen and oxygen atoms in total. The SMILES string of the molecule is C=C(C)c1cccc(F)c1F.C=C(C=NC)/C(C)=C\C.CCCCC=O.CCc1cc(-c2ccc(C)cc2)no1. The molecule has 0 radical (unpaired) electrons. The summed E-state index contributed by atoms with van der Waals surface area (Å²) < 4.78 is 30.5. The summed E-state index contributed by atoms with van der Waals surface area (Å²) in [5, 5.41) is 4.01. The maximum absolute atomic E-state index is 12.8. The van der Waals surface area contributed by atoms with E-state index in [0.29, 0.717) is 5.57 Å². The fourth-order valence-corrected chi connectivity index (χ4v) is 2.90. The van der Waals surface area contributed by atoms with Gasteiger partial charge in [-0.3, -0.25) is 4.99 Å².